The molecular weight excluding hydrogens is 297 g/mol. The molecule has 3 heterocycles. The van der Waals surface area contributed by atoms with Crippen molar-refractivity contribution in [1.29, 1.82) is 0 Å². The van der Waals surface area contributed by atoms with Gasteiger partial charge >= 0.3 is 0 Å². The van der Waals surface area contributed by atoms with Crippen molar-refractivity contribution in [3.63, 3.8) is 0 Å². The van der Waals surface area contributed by atoms with Crippen molar-refractivity contribution in [2.24, 2.45) is 0 Å². The van der Waals surface area contributed by atoms with Crippen LogP contribution in [0.4, 0.5) is 0 Å². The van der Waals surface area contributed by atoms with Crippen LogP contribution in [0.15, 0.2) is 12.3 Å². The van der Waals surface area contributed by atoms with Gasteiger partial charge in [0, 0.05) is 31.6 Å². The summed E-state index contributed by atoms with van der Waals surface area (Å²) in [6.45, 7) is 1.75. The number of imidazole rings is 1. The zero-order chi connectivity index (χ0) is 13.9. The van der Waals surface area contributed by atoms with Crippen LogP contribution in [0.3, 0.4) is 0 Å². The van der Waals surface area contributed by atoms with Crippen molar-refractivity contribution in [2.45, 2.75) is 38.3 Å². The molecule has 1 fully saturated rings. The van der Waals surface area contributed by atoms with E-state index in [4.69, 9.17) is 27.9 Å². The summed E-state index contributed by atoms with van der Waals surface area (Å²) >= 11 is 11.8. The van der Waals surface area contributed by atoms with Gasteiger partial charge in [0.15, 0.2) is 5.65 Å². The summed E-state index contributed by atoms with van der Waals surface area (Å²) in [5.41, 5.74) is 1.72. The molecule has 1 aliphatic rings. The third-order valence-electron chi connectivity index (χ3n) is 3.65. The second kappa shape index (κ2) is 6.29. The van der Waals surface area contributed by atoms with Crippen LogP contribution in [0.1, 0.15) is 25.1 Å². The van der Waals surface area contributed by atoms with E-state index in [0.29, 0.717) is 17.0 Å². The average Bonchev–Trinajstić information content (AvgIpc) is 3.04. The third-order valence-corrected chi connectivity index (χ3v) is 4.04. The summed E-state index contributed by atoms with van der Waals surface area (Å²) < 4.78 is 7.83. The van der Waals surface area contributed by atoms with E-state index in [-0.39, 0.29) is 0 Å². The Labute approximate surface area is 128 Å². The Balaban J connectivity index is 1.87. The summed E-state index contributed by atoms with van der Waals surface area (Å²) in [4.78, 5) is 9.01. The van der Waals surface area contributed by atoms with E-state index in [0.717, 1.165) is 55.8 Å². The van der Waals surface area contributed by atoms with E-state index in [1.54, 1.807) is 6.20 Å². The van der Waals surface area contributed by atoms with E-state index in [9.17, 15) is 0 Å². The lowest BCUT2D eigenvalue weighted by molar-refractivity contribution is 0.100. The normalized spacial score (nSPS) is 19.0. The fourth-order valence-electron chi connectivity index (χ4n) is 2.69. The number of nitrogens with zero attached hydrogens (tertiary/aromatic N) is 3. The van der Waals surface area contributed by atoms with Gasteiger partial charge in [-0.25, -0.2) is 9.97 Å². The quantitative estimate of drug-likeness (QED) is 0.794. The maximum absolute atomic E-state index is 5.98. The van der Waals surface area contributed by atoms with Crippen molar-refractivity contribution in [2.75, 3.05) is 12.5 Å². The summed E-state index contributed by atoms with van der Waals surface area (Å²) in [6, 6.07) is 1.85. The Bertz CT molecular complexity index is 593. The molecule has 0 bridgehead atoms. The van der Waals surface area contributed by atoms with Crippen LogP contribution in [0.5, 0.6) is 0 Å². The van der Waals surface area contributed by atoms with E-state index in [2.05, 4.69) is 14.5 Å². The first-order valence-electron chi connectivity index (χ1n) is 6.96. The molecule has 1 atom stereocenters. The molecule has 0 spiro atoms. The van der Waals surface area contributed by atoms with Crippen molar-refractivity contribution in [3.8, 4) is 0 Å². The minimum Gasteiger partial charge on any atom is -0.378 e. The van der Waals surface area contributed by atoms with Crippen LogP contribution in [0, 0.1) is 0 Å². The van der Waals surface area contributed by atoms with Gasteiger partial charge in [-0.2, -0.15) is 0 Å². The number of pyridine rings is 1. The highest BCUT2D eigenvalue weighted by molar-refractivity contribution is 6.31. The van der Waals surface area contributed by atoms with E-state index in [1.807, 2.05) is 6.07 Å². The Hall–Kier alpha value is -0.840. The van der Waals surface area contributed by atoms with Crippen molar-refractivity contribution in [1.82, 2.24) is 14.5 Å². The Kier molecular flexibility index (Phi) is 4.44. The first kappa shape index (κ1) is 14.1. The second-order valence-electron chi connectivity index (χ2n) is 5.04. The summed E-state index contributed by atoms with van der Waals surface area (Å²) in [5, 5.41) is 0.610. The van der Waals surface area contributed by atoms with Gasteiger partial charge in [0.1, 0.15) is 11.3 Å². The molecular formula is C14H17Cl2N3O. The zero-order valence-electron chi connectivity index (χ0n) is 11.2. The fraction of sp³-hybridized carbons (Fsp3) is 0.571. The fourth-order valence-corrected chi connectivity index (χ4v) is 3.01. The lowest BCUT2D eigenvalue weighted by Crippen LogP contribution is -2.12. The standard InChI is InChI=1S/C14H17Cl2N3O/c15-5-3-13-18-12-8-10(16)9-17-14(12)19(13)6-4-11-2-1-7-20-11/h8-9,11H,1-7H2. The molecule has 108 valence electrons. The second-order valence-corrected chi connectivity index (χ2v) is 5.85. The largest absolute Gasteiger partial charge is 0.378 e. The van der Waals surface area contributed by atoms with Gasteiger partial charge in [0.2, 0.25) is 0 Å². The maximum Gasteiger partial charge on any atom is 0.160 e. The van der Waals surface area contributed by atoms with E-state index < -0.39 is 0 Å². The monoisotopic (exact) mass is 313 g/mol. The van der Waals surface area contributed by atoms with Gasteiger partial charge in [-0.05, 0) is 25.3 Å². The van der Waals surface area contributed by atoms with Gasteiger partial charge in [0.05, 0.1) is 11.1 Å². The van der Waals surface area contributed by atoms with Crippen LogP contribution in [0.25, 0.3) is 11.2 Å². The van der Waals surface area contributed by atoms with E-state index in [1.165, 1.54) is 0 Å². The van der Waals surface area contributed by atoms with Crippen LogP contribution >= 0.6 is 23.2 Å². The SMILES string of the molecule is ClCCc1nc2cc(Cl)cnc2n1CCC1CCCO1. The molecule has 3 rings (SSSR count). The first-order valence-corrected chi connectivity index (χ1v) is 7.87. The van der Waals surface area contributed by atoms with Gasteiger partial charge in [-0.1, -0.05) is 11.6 Å². The molecule has 0 aromatic carbocycles. The summed E-state index contributed by atoms with van der Waals surface area (Å²) in [7, 11) is 0. The molecule has 20 heavy (non-hydrogen) atoms. The van der Waals surface area contributed by atoms with Crippen molar-refractivity contribution >= 4 is 34.4 Å². The topological polar surface area (TPSA) is 39.9 Å². The molecule has 2 aromatic heterocycles. The van der Waals surface area contributed by atoms with Crippen LogP contribution in [-0.4, -0.2) is 33.1 Å². The Morgan fingerprint density at radius 3 is 3.10 bits per heavy atom. The lowest BCUT2D eigenvalue weighted by Gasteiger charge is -2.12. The summed E-state index contributed by atoms with van der Waals surface area (Å²) in [5.74, 6) is 1.53. The molecule has 0 amide bonds. The highest BCUT2D eigenvalue weighted by Crippen LogP contribution is 2.21. The minimum absolute atomic E-state index is 0.364. The maximum atomic E-state index is 5.98. The molecule has 1 unspecified atom stereocenters. The number of hydrogen-bond donors (Lipinski definition) is 0. The Morgan fingerprint density at radius 2 is 2.35 bits per heavy atom. The Morgan fingerprint density at radius 1 is 1.45 bits per heavy atom. The summed E-state index contributed by atoms with van der Waals surface area (Å²) in [6.07, 6.45) is 6.07. The van der Waals surface area contributed by atoms with Crippen molar-refractivity contribution < 1.29 is 4.74 Å². The minimum atomic E-state index is 0.364. The highest BCUT2D eigenvalue weighted by atomic mass is 35.5. The molecule has 0 radical (unpaired) electrons. The number of aryl methyl sites for hydroxylation is 2. The molecule has 0 N–H and O–H groups in total. The molecule has 0 aliphatic carbocycles. The third kappa shape index (κ3) is 2.92. The first-order chi connectivity index (χ1) is 9.78. The average molecular weight is 314 g/mol. The van der Waals surface area contributed by atoms with Gasteiger partial charge < -0.3 is 9.30 Å². The predicted octanol–water partition coefficient (Wildman–Crippen LogP) is 3.44. The number of ether oxygens (including phenoxy) is 1. The molecule has 4 nitrogen and oxygen atoms in total. The van der Waals surface area contributed by atoms with Crippen LogP contribution in [0.2, 0.25) is 5.02 Å². The highest BCUT2D eigenvalue weighted by Gasteiger charge is 2.18. The van der Waals surface area contributed by atoms with Crippen LogP contribution < -0.4 is 0 Å². The molecule has 0 saturated carbocycles. The smallest absolute Gasteiger partial charge is 0.160 e. The molecule has 6 heteroatoms. The van der Waals surface area contributed by atoms with Gasteiger partial charge in [0.25, 0.3) is 0 Å². The number of fused-ring (bicyclic) bond motifs is 1. The van der Waals surface area contributed by atoms with Gasteiger partial charge in [-0.3, -0.25) is 0 Å². The van der Waals surface area contributed by atoms with E-state index >= 15 is 0 Å². The number of alkyl halides is 1. The molecule has 2 aromatic rings. The molecule has 1 saturated heterocycles. The number of hydrogen-bond acceptors (Lipinski definition) is 3. The lowest BCUT2D eigenvalue weighted by atomic mass is 10.2. The predicted molar refractivity (Wildman–Crippen MR) is 80.6 cm³/mol. The van der Waals surface area contributed by atoms with Gasteiger partial charge in [-0.15, -0.1) is 11.6 Å². The molecule has 1 aliphatic heterocycles. The van der Waals surface area contributed by atoms with Crippen molar-refractivity contribution in [3.05, 3.63) is 23.1 Å². The number of rotatable bonds is 5. The number of halogens is 2. The number of aromatic nitrogens is 3. The zero-order valence-corrected chi connectivity index (χ0v) is 12.7. The van der Waals surface area contributed by atoms with Crippen LogP contribution in [-0.2, 0) is 17.7 Å².